The van der Waals surface area contributed by atoms with E-state index in [2.05, 4.69) is 10.2 Å². The second-order valence-electron chi connectivity index (χ2n) is 6.74. The van der Waals surface area contributed by atoms with Crippen LogP contribution in [-0.2, 0) is 4.74 Å². The summed E-state index contributed by atoms with van der Waals surface area (Å²) in [5, 5.41) is 3.79. The van der Waals surface area contributed by atoms with Gasteiger partial charge in [0.1, 0.15) is 5.75 Å². The summed E-state index contributed by atoms with van der Waals surface area (Å²) in [6, 6.07) is 15.1. The van der Waals surface area contributed by atoms with Gasteiger partial charge in [0.25, 0.3) is 5.91 Å². The maximum absolute atomic E-state index is 12.9. The van der Waals surface area contributed by atoms with Crippen molar-refractivity contribution >= 4 is 17.5 Å². The summed E-state index contributed by atoms with van der Waals surface area (Å²) < 4.78 is 11.2. The number of hydrogen-bond donors (Lipinski definition) is 1. The zero-order valence-corrected chi connectivity index (χ0v) is 17.0. The molecule has 0 spiro atoms. The Morgan fingerprint density at radius 3 is 2.64 bits per heavy atom. The third-order valence-corrected chi connectivity index (χ3v) is 5.14. The molecule has 1 saturated heterocycles. The van der Waals surface area contributed by atoms with Gasteiger partial charge >= 0.3 is 0 Å². The molecule has 1 amide bonds. The normalized spacial score (nSPS) is 15.8. The number of halogens is 1. The summed E-state index contributed by atoms with van der Waals surface area (Å²) in [4.78, 5) is 15.2. The molecule has 1 aliphatic heterocycles. The smallest absolute Gasteiger partial charge is 0.255 e. The molecule has 1 N–H and O–H groups in total. The summed E-state index contributed by atoms with van der Waals surface area (Å²) in [5.41, 5.74) is 1.57. The van der Waals surface area contributed by atoms with Crippen molar-refractivity contribution in [3.05, 3.63) is 64.7 Å². The van der Waals surface area contributed by atoms with Crippen molar-refractivity contribution in [1.29, 1.82) is 0 Å². The Morgan fingerprint density at radius 1 is 1.18 bits per heavy atom. The first-order valence-electron chi connectivity index (χ1n) is 9.77. The van der Waals surface area contributed by atoms with Gasteiger partial charge in [-0.1, -0.05) is 48.9 Å². The molecular weight excluding hydrogens is 376 g/mol. The van der Waals surface area contributed by atoms with Crippen LogP contribution in [0.3, 0.4) is 0 Å². The average Bonchev–Trinajstić information content (AvgIpc) is 2.74. The average molecular weight is 403 g/mol. The van der Waals surface area contributed by atoms with Gasteiger partial charge in [-0.05, 0) is 30.2 Å². The van der Waals surface area contributed by atoms with Crippen LogP contribution in [-0.4, -0.2) is 50.3 Å². The second-order valence-corrected chi connectivity index (χ2v) is 7.15. The van der Waals surface area contributed by atoms with Crippen LogP contribution in [0.1, 0.15) is 35.3 Å². The number of nitrogens with zero attached hydrogens (tertiary/aromatic N) is 1. The van der Waals surface area contributed by atoms with Crippen molar-refractivity contribution in [2.24, 2.45) is 0 Å². The summed E-state index contributed by atoms with van der Waals surface area (Å²) in [6.45, 7) is 6.07. The maximum atomic E-state index is 12.9. The van der Waals surface area contributed by atoms with Gasteiger partial charge in [0, 0.05) is 24.7 Å². The minimum absolute atomic E-state index is 0.00901. The Labute approximate surface area is 171 Å². The van der Waals surface area contributed by atoms with Crippen molar-refractivity contribution in [2.75, 3.05) is 39.5 Å². The highest BCUT2D eigenvalue weighted by molar-refractivity contribution is 6.31. The SMILES string of the molecule is CCCOc1ccccc1C(=O)NCC(c1ccccc1Cl)N1CCOCC1. The molecule has 150 valence electrons. The van der Waals surface area contributed by atoms with Gasteiger partial charge in [-0.15, -0.1) is 0 Å². The Balaban J connectivity index is 1.75. The van der Waals surface area contributed by atoms with Crippen molar-refractivity contribution in [1.82, 2.24) is 10.2 Å². The predicted molar refractivity (Wildman–Crippen MR) is 111 cm³/mol. The first-order valence-corrected chi connectivity index (χ1v) is 10.1. The Kier molecular flexibility index (Phi) is 7.71. The fraction of sp³-hybridized carbons (Fsp3) is 0.409. The minimum Gasteiger partial charge on any atom is -0.493 e. The van der Waals surface area contributed by atoms with Gasteiger partial charge in [0.05, 0.1) is 31.4 Å². The van der Waals surface area contributed by atoms with Crippen molar-refractivity contribution in [3.8, 4) is 5.75 Å². The molecule has 6 heteroatoms. The number of nitrogens with one attached hydrogen (secondary N) is 1. The molecule has 1 aliphatic rings. The number of morpholine rings is 1. The molecule has 2 aromatic carbocycles. The fourth-order valence-corrected chi connectivity index (χ4v) is 3.61. The molecule has 1 unspecified atom stereocenters. The van der Waals surface area contributed by atoms with E-state index in [0.29, 0.717) is 42.7 Å². The van der Waals surface area contributed by atoms with Gasteiger partial charge < -0.3 is 14.8 Å². The van der Waals surface area contributed by atoms with E-state index in [4.69, 9.17) is 21.1 Å². The number of hydrogen-bond acceptors (Lipinski definition) is 4. The number of carbonyl (C=O) groups is 1. The van der Waals surface area contributed by atoms with Crippen LogP contribution >= 0.6 is 11.6 Å². The molecule has 3 rings (SSSR count). The van der Waals surface area contributed by atoms with E-state index in [1.807, 2.05) is 49.4 Å². The van der Waals surface area contributed by atoms with Gasteiger partial charge in [-0.2, -0.15) is 0 Å². The highest BCUT2D eigenvalue weighted by atomic mass is 35.5. The summed E-state index contributed by atoms with van der Waals surface area (Å²) in [5.74, 6) is 0.472. The summed E-state index contributed by atoms with van der Waals surface area (Å²) in [7, 11) is 0. The highest BCUT2D eigenvalue weighted by Crippen LogP contribution is 2.28. The topological polar surface area (TPSA) is 50.8 Å². The quantitative estimate of drug-likeness (QED) is 0.726. The van der Waals surface area contributed by atoms with E-state index in [-0.39, 0.29) is 11.9 Å². The molecule has 0 aromatic heterocycles. The van der Waals surface area contributed by atoms with Crippen molar-refractivity contribution in [2.45, 2.75) is 19.4 Å². The monoisotopic (exact) mass is 402 g/mol. The third kappa shape index (κ3) is 5.25. The molecule has 28 heavy (non-hydrogen) atoms. The fourth-order valence-electron chi connectivity index (χ4n) is 3.35. The lowest BCUT2D eigenvalue weighted by atomic mass is 10.0. The van der Waals surface area contributed by atoms with Gasteiger partial charge in [-0.3, -0.25) is 9.69 Å². The first-order chi connectivity index (χ1) is 13.7. The molecule has 0 radical (unpaired) electrons. The van der Waals surface area contributed by atoms with Crippen LogP contribution in [0.15, 0.2) is 48.5 Å². The lowest BCUT2D eigenvalue weighted by molar-refractivity contribution is 0.0162. The molecular formula is C22H27ClN2O3. The summed E-state index contributed by atoms with van der Waals surface area (Å²) >= 11 is 6.46. The van der Waals surface area contributed by atoms with Crippen molar-refractivity contribution in [3.63, 3.8) is 0 Å². The number of rotatable bonds is 8. The van der Waals surface area contributed by atoms with Gasteiger partial charge in [0.2, 0.25) is 0 Å². The second kappa shape index (κ2) is 10.5. The number of carbonyl (C=O) groups excluding carboxylic acids is 1. The first kappa shape index (κ1) is 20.6. The van der Waals surface area contributed by atoms with Crippen LogP contribution in [0.25, 0.3) is 0 Å². The molecule has 0 saturated carbocycles. The molecule has 1 atom stereocenters. The predicted octanol–water partition coefficient (Wildman–Crippen LogP) is 3.93. The number of benzene rings is 2. The van der Waals surface area contributed by atoms with E-state index in [1.54, 1.807) is 6.07 Å². The van der Waals surface area contributed by atoms with Crippen LogP contribution < -0.4 is 10.1 Å². The Bertz CT molecular complexity index is 778. The lowest BCUT2D eigenvalue weighted by Crippen LogP contribution is -2.44. The number of ether oxygens (including phenoxy) is 2. The number of amides is 1. The molecule has 1 heterocycles. The standard InChI is InChI=1S/C22H27ClN2O3/c1-2-13-28-21-10-6-4-8-18(21)22(26)24-16-20(25-11-14-27-15-12-25)17-7-3-5-9-19(17)23/h3-10,20H,2,11-16H2,1H3,(H,24,26). The zero-order valence-electron chi connectivity index (χ0n) is 16.2. The molecule has 0 bridgehead atoms. The van der Waals surface area contributed by atoms with E-state index >= 15 is 0 Å². The maximum Gasteiger partial charge on any atom is 0.255 e. The molecule has 5 nitrogen and oxygen atoms in total. The molecule has 0 aliphatic carbocycles. The largest absolute Gasteiger partial charge is 0.493 e. The van der Waals surface area contributed by atoms with E-state index in [1.165, 1.54) is 0 Å². The van der Waals surface area contributed by atoms with Gasteiger partial charge in [-0.25, -0.2) is 0 Å². The van der Waals surface area contributed by atoms with Crippen molar-refractivity contribution < 1.29 is 14.3 Å². The Morgan fingerprint density at radius 2 is 1.89 bits per heavy atom. The van der Waals surface area contributed by atoms with Gasteiger partial charge in [0.15, 0.2) is 0 Å². The summed E-state index contributed by atoms with van der Waals surface area (Å²) in [6.07, 6.45) is 0.890. The van der Waals surface area contributed by atoms with Crippen LogP contribution in [0.5, 0.6) is 5.75 Å². The third-order valence-electron chi connectivity index (χ3n) is 4.80. The highest BCUT2D eigenvalue weighted by Gasteiger charge is 2.25. The Hall–Kier alpha value is -2.08. The molecule has 1 fully saturated rings. The van der Waals surface area contributed by atoms with E-state index in [9.17, 15) is 4.79 Å². The molecule has 2 aromatic rings. The van der Waals surface area contributed by atoms with Crippen LogP contribution in [0, 0.1) is 0 Å². The number of para-hydroxylation sites is 1. The van der Waals surface area contributed by atoms with E-state index < -0.39 is 0 Å². The zero-order chi connectivity index (χ0) is 19.8. The van der Waals surface area contributed by atoms with Crippen LogP contribution in [0.4, 0.5) is 0 Å². The van der Waals surface area contributed by atoms with Crippen LogP contribution in [0.2, 0.25) is 5.02 Å². The van der Waals surface area contributed by atoms with E-state index in [0.717, 1.165) is 25.1 Å². The minimum atomic E-state index is -0.142. The lowest BCUT2D eigenvalue weighted by Gasteiger charge is -2.35.